The molecule has 0 aliphatic rings. The van der Waals surface area contributed by atoms with Crippen LogP contribution >= 0.6 is 0 Å². The maximum atomic E-state index is 4.99. The van der Waals surface area contributed by atoms with Crippen molar-refractivity contribution in [2.45, 2.75) is 105 Å². The molecule has 8 aromatic carbocycles. The third-order valence-electron chi connectivity index (χ3n) is 15.0. The second-order valence-corrected chi connectivity index (χ2v) is 25.2. The third-order valence-corrected chi connectivity index (χ3v) is 15.0. The number of rotatable bonds is 8. The largest absolute Gasteiger partial charge is 0.304 e. The van der Waals surface area contributed by atoms with E-state index in [4.69, 9.17) is 19.9 Å². The molecule has 82 heavy (non-hydrogen) atoms. The first kappa shape index (κ1) is 60.8. The number of benzene rings is 8. The SMILES string of the molecule is CC(C)(C)c1ccc(-c2cc(-c3ccc(C(C)(C)C)cc3)cc(-c3cc[c-]c(-c4nccc5ccccc45)c3)c2)cc1.CC(C)(C)c1ccc(-c2cc(-c3ccc(C(C)(C)C)cc3)nc(-c3ccc(-c4[c-]cccc4)nc3)n2)cc1.[Ir].[Ir]. The number of hydrogen-bond acceptors (Lipinski definition) is 4. The van der Waals surface area contributed by atoms with E-state index >= 15 is 0 Å². The Morgan fingerprint density at radius 3 is 1.21 bits per heavy atom. The smallest absolute Gasteiger partial charge is 0.161 e. The zero-order valence-electron chi connectivity index (χ0n) is 49.2. The zero-order chi connectivity index (χ0) is 56.4. The van der Waals surface area contributed by atoms with Crippen LogP contribution in [0.4, 0.5) is 0 Å². The molecule has 2 radical (unpaired) electrons. The Morgan fingerprint density at radius 1 is 0.317 bits per heavy atom. The molecule has 3 heterocycles. The Labute approximate surface area is 514 Å². The molecule has 3 aromatic heterocycles. The molecule has 0 saturated carbocycles. The molecule has 11 rings (SSSR count). The summed E-state index contributed by atoms with van der Waals surface area (Å²) in [7, 11) is 0. The molecule has 0 bridgehead atoms. The van der Waals surface area contributed by atoms with Crippen LogP contribution in [0.1, 0.15) is 105 Å². The predicted molar refractivity (Wildman–Crippen MR) is 338 cm³/mol. The van der Waals surface area contributed by atoms with Crippen LogP contribution in [-0.4, -0.2) is 19.9 Å². The number of hydrogen-bond donors (Lipinski definition) is 0. The molecular formula is C76H72Ir2N4-2. The van der Waals surface area contributed by atoms with Crippen molar-refractivity contribution in [3.8, 4) is 89.8 Å². The van der Waals surface area contributed by atoms with Crippen molar-refractivity contribution < 1.29 is 40.2 Å². The fraction of sp³-hybridized carbons (Fsp3) is 0.211. The van der Waals surface area contributed by atoms with Gasteiger partial charge in [0, 0.05) is 69.3 Å². The van der Waals surface area contributed by atoms with Gasteiger partial charge in [-0.05, 0) is 124 Å². The van der Waals surface area contributed by atoms with Crippen molar-refractivity contribution in [2.75, 3.05) is 0 Å². The van der Waals surface area contributed by atoms with Crippen LogP contribution in [0.2, 0.25) is 0 Å². The molecule has 6 heteroatoms. The molecule has 4 nitrogen and oxygen atoms in total. The van der Waals surface area contributed by atoms with E-state index in [1.807, 2.05) is 54.9 Å². The quantitative estimate of drug-likeness (QED) is 0.142. The van der Waals surface area contributed by atoms with E-state index in [1.165, 1.54) is 55.5 Å². The summed E-state index contributed by atoms with van der Waals surface area (Å²) in [5.74, 6) is 0.661. The Bertz CT molecular complexity index is 3760. The monoisotopic (exact) mass is 1430 g/mol. The summed E-state index contributed by atoms with van der Waals surface area (Å²) in [5, 5.41) is 2.32. The first-order valence-corrected chi connectivity index (χ1v) is 27.9. The molecule has 0 unspecified atom stereocenters. The van der Waals surface area contributed by atoms with Crippen LogP contribution in [-0.2, 0) is 61.9 Å². The third kappa shape index (κ3) is 14.3. The number of nitrogens with zero attached hydrogens (tertiary/aromatic N) is 4. The fourth-order valence-electron chi connectivity index (χ4n) is 9.96. The summed E-state index contributed by atoms with van der Waals surface area (Å²) in [6, 6.07) is 80.1. The molecular weight excluding hydrogens is 1350 g/mol. The van der Waals surface area contributed by atoms with Gasteiger partial charge in [-0.1, -0.05) is 217 Å². The van der Waals surface area contributed by atoms with Gasteiger partial charge >= 0.3 is 0 Å². The first-order chi connectivity index (χ1) is 38.1. The van der Waals surface area contributed by atoms with Crippen molar-refractivity contribution >= 4 is 10.8 Å². The van der Waals surface area contributed by atoms with E-state index in [-0.39, 0.29) is 61.9 Å². The van der Waals surface area contributed by atoms with E-state index in [2.05, 4.69) is 259 Å². The second-order valence-electron chi connectivity index (χ2n) is 25.2. The van der Waals surface area contributed by atoms with Crippen molar-refractivity contribution in [3.05, 3.63) is 253 Å². The molecule has 0 N–H and O–H groups in total. The molecule has 416 valence electrons. The molecule has 0 aliphatic heterocycles. The minimum Gasteiger partial charge on any atom is -0.304 e. The van der Waals surface area contributed by atoms with E-state index in [1.54, 1.807) is 0 Å². The summed E-state index contributed by atoms with van der Waals surface area (Å²) in [6.07, 6.45) is 3.74. The van der Waals surface area contributed by atoms with Crippen molar-refractivity contribution in [1.82, 2.24) is 19.9 Å². The van der Waals surface area contributed by atoms with Gasteiger partial charge in [0.15, 0.2) is 5.82 Å². The van der Waals surface area contributed by atoms with Crippen LogP contribution < -0.4 is 0 Å². The Balaban J connectivity index is 0.000000211. The molecule has 0 fully saturated rings. The molecule has 0 aliphatic carbocycles. The summed E-state index contributed by atoms with van der Waals surface area (Å²) in [5.41, 5.74) is 21.5. The molecule has 11 aromatic rings. The average molecular weight is 1430 g/mol. The first-order valence-electron chi connectivity index (χ1n) is 27.9. The maximum absolute atomic E-state index is 4.99. The Morgan fingerprint density at radius 2 is 0.756 bits per heavy atom. The maximum Gasteiger partial charge on any atom is 0.161 e. The molecule has 0 atom stereocenters. The van der Waals surface area contributed by atoms with E-state index in [0.717, 1.165) is 61.5 Å². The van der Waals surface area contributed by atoms with Gasteiger partial charge in [-0.15, -0.1) is 71.3 Å². The molecule has 0 saturated heterocycles. The van der Waals surface area contributed by atoms with Gasteiger partial charge in [0.1, 0.15) is 0 Å². The summed E-state index contributed by atoms with van der Waals surface area (Å²) >= 11 is 0. The van der Waals surface area contributed by atoms with Gasteiger partial charge in [-0.2, -0.15) is 0 Å². The van der Waals surface area contributed by atoms with Crippen LogP contribution in [0, 0.1) is 12.1 Å². The van der Waals surface area contributed by atoms with Gasteiger partial charge in [-0.3, -0.25) is 0 Å². The normalized spacial score (nSPS) is 11.7. The van der Waals surface area contributed by atoms with Crippen LogP contribution in [0.15, 0.2) is 219 Å². The molecule has 0 spiro atoms. The topological polar surface area (TPSA) is 51.6 Å². The summed E-state index contributed by atoms with van der Waals surface area (Å²) in [6.45, 7) is 26.9. The minimum atomic E-state index is 0. The number of fused-ring (bicyclic) bond motifs is 1. The van der Waals surface area contributed by atoms with E-state index in [0.29, 0.717) is 5.82 Å². The van der Waals surface area contributed by atoms with Gasteiger partial charge in [0.2, 0.25) is 0 Å². The van der Waals surface area contributed by atoms with Crippen LogP contribution in [0.3, 0.4) is 0 Å². The van der Waals surface area contributed by atoms with Crippen molar-refractivity contribution in [1.29, 1.82) is 0 Å². The van der Waals surface area contributed by atoms with Gasteiger partial charge < -0.3 is 9.97 Å². The van der Waals surface area contributed by atoms with E-state index in [9.17, 15) is 0 Å². The van der Waals surface area contributed by atoms with Crippen LogP contribution in [0.5, 0.6) is 0 Å². The second kappa shape index (κ2) is 25.0. The van der Waals surface area contributed by atoms with E-state index < -0.39 is 0 Å². The summed E-state index contributed by atoms with van der Waals surface area (Å²) in [4.78, 5) is 19.4. The Kier molecular flexibility index (Phi) is 18.6. The fourth-order valence-corrected chi connectivity index (χ4v) is 9.96. The molecule has 0 amide bonds. The van der Waals surface area contributed by atoms with Crippen molar-refractivity contribution in [3.63, 3.8) is 0 Å². The predicted octanol–water partition coefficient (Wildman–Crippen LogP) is 20.2. The van der Waals surface area contributed by atoms with Gasteiger partial charge in [0.05, 0.1) is 11.4 Å². The standard InChI is InChI=1S/C41H38N.C35H34N3.2Ir/c1-40(2,3)36-18-14-28(15-19-36)33-25-34(29-16-20-37(21-17-29)41(4,5)6)27-35(26-33)31-11-9-12-32(24-31)39-38-13-8-7-10-30(38)22-23-42-39;1-34(2,3)28-17-12-25(13-18-28)31-22-32(26-14-19-29(20-15-26)35(4,5)6)38-33(37-31)27-16-21-30(36-23-27)24-10-8-7-9-11-24;;/h7-11,13-27H,1-6H3;7-10,12-23H,1-6H3;;/q2*-1;;. The number of aromatic nitrogens is 4. The minimum absolute atomic E-state index is 0. The Hall–Kier alpha value is -7.30. The summed E-state index contributed by atoms with van der Waals surface area (Å²) < 4.78 is 0. The zero-order valence-corrected chi connectivity index (χ0v) is 54.0. The van der Waals surface area contributed by atoms with Gasteiger partial charge in [0.25, 0.3) is 0 Å². The van der Waals surface area contributed by atoms with Crippen molar-refractivity contribution in [2.24, 2.45) is 0 Å². The number of pyridine rings is 2. The average Bonchev–Trinajstić information content (AvgIpc) is 3.51. The van der Waals surface area contributed by atoms with Gasteiger partial charge in [-0.25, -0.2) is 9.97 Å². The van der Waals surface area contributed by atoms with Crippen LogP contribution in [0.25, 0.3) is 101 Å².